The van der Waals surface area contributed by atoms with Crippen molar-refractivity contribution in [1.82, 2.24) is 0 Å². The second-order valence-electron chi connectivity index (χ2n) is 15.0. The smallest absolute Gasteiger partial charge is 0.185 e. The van der Waals surface area contributed by atoms with Crippen molar-refractivity contribution in [2.24, 2.45) is 47.3 Å². The molecule has 4 rings (SSSR count). The fourth-order valence-corrected chi connectivity index (χ4v) is 8.31. The highest BCUT2D eigenvalue weighted by Gasteiger charge is 2.52. The van der Waals surface area contributed by atoms with Crippen LogP contribution < -0.4 is 0 Å². The molecule has 0 radical (unpaired) electrons. The molecule has 0 bridgehead atoms. The molecule has 9 nitrogen and oxygen atoms in total. The lowest BCUT2D eigenvalue weighted by Gasteiger charge is -2.52. The van der Waals surface area contributed by atoms with Crippen LogP contribution in [0.5, 0.6) is 0 Å². The molecule has 264 valence electrons. The minimum Gasteiger partial charge on any atom is -0.388 e. The summed E-state index contributed by atoms with van der Waals surface area (Å²) in [6.07, 6.45) is -2.18. The van der Waals surface area contributed by atoms with E-state index in [1.165, 1.54) is 0 Å². The molecule has 4 heterocycles. The van der Waals surface area contributed by atoms with Crippen LogP contribution in [0.2, 0.25) is 0 Å². The summed E-state index contributed by atoms with van der Waals surface area (Å²) in [5.41, 5.74) is 0. The molecule has 0 aromatic rings. The third-order valence-corrected chi connectivity index (χ3v) is 12.6. The van der Waals surface area contributed by atoms with E-state index >= 15 is 0 Å². The Bertz CT molecular complexity index is 904. The molecule has 4 aliphatic heterocycles. The van der Waals surface area contributed by atoms with Gasteiger partial charge < -0.3 is 43.4 Å². The van der Waals surface area contributed by atoms with Gasteiger partial charge in [0.05, 0.1) is 24.4 Å². The van der Waals surface area contributed by atoms with E-state index in [1.54, 1.807) is 0 Å². The van der Waals surface area contributed by atoms with Gasteiger partial charge in [-0.15, -0.1) is 0 Å². The summed E-state index contributed by atoms with van der Waals surface area (Å²) < 4.78 is 46.1. The van der Waals surface area contributed by atoms with E-state index < -0.39 is 49.6 Å². The maximum Gasteiger partial charge on any atom is 0.185 e. The molecule has 20 atom stereocenters. The third-order valence-electron chi connectivity index (χ3n) is 12.6. The lowest BCUT2D eigenvalue weighted by molar-refractivity contribution is -0.386. The molecular formula is C36H66O9. The van der Waals surface area contributed by atoms with E-state index in [1.807, 2.05) is 0 Å². The first kappa shape index (κ1) is 37.5. The quantitative estimate of drug-likeness (QED) is 0.292. The molecule has 45 heavy (non-hydrogen) atoms. The number of aliphatic hydroxyl groups excluding tert-OH is 2. The zero-order valence-electron chi connectivity index (χ0n) is 30.1. The van der Waals surface area contributed by atoms with Gasteiger partial charge in [0.15, 0.2) is 25.2 Å². The monoisotopic (exact) mass is 642 g/mol. The zero-order chi connectivity index (χ0) is 33.3. The number of hydrogen-bond donors (Lipinski definition) is 2. The van der Waals surface area contributed by atoms with Gasteiger partial charge in [0.25, 0.3) is 0 Å². The Morgan fingerprint density at radius 2 is 0.711 bits per heavy atom. The van der Waals surface area contributed by atoms with Gasteiger partial charge in [-0.05, 0) is 73.0 Å². The maximum atomic E-state index is 11.3. The van der Waals surface area contributed by atoms with Crippen LogP contribution in [0.1, 0.15) is 109 Å². The van der Waals surface area contributed by atoms with E-state index in [9.17, 15) is 10.2 Å². The standard InChI is InChI=1S/C36H66O9/c1-13-25-18(6)22(10)30(33(38)39-25)43-35-32(24(12)20(8)27(15-3)41-35)45-36-31(23(11)19(7)28(16-4)42-36)44-34-29(37)21(9)17(5)26(14-2)40-34/h17-38H,13-16H2,1-12H3. The van der Waals surface area contributed by atoms with Crippen molar-refractivity contribution in [3.63, 3.8) is 0 Å². The van der Waals surface area contributed by atoms with Crippen molar-refractivity contribution in [2.45, 2.75) is 183 Å². The summed E-state index contributed by atoms with van der Waals surface area (Å²) >= 11 is 0. The third kappa shape index (κ3) is 7.62. The van der Waals surface area contributed by atoms with E-state index in [0.29, 0.717) is 0 Å². The molecule has 0 amide bonds. The Kier molecular flexibility index (Phi) is 13.2. The summed E-state index contributed by atoms with van der Waals surface area (Å²) in [5, 5.41) is 22.3. The number of ether oxygens (including phenoxy) is 7. The molecule has 0 aromatic heterocycles. The highest BCUT2D eigenvalue weighted by Crippen LogP contribution is 2.43. The topological polar surface area (TPSA) is 105 Å². The van der Waals surface area contributed by atoms with Crippen LogP contribution in [-0.2, 0) is 33.2 Å². The largest absolute Gasteiger partial charge is 0.388 e. The van der Waals surface area contributed by atoms with Crippen molar-refractivity contribution < 1.29 is 43.4 Å². The van der Waals surface area contributed by atoms with Gasteiger partial charge in [0.2, 0.25) is 0 Å². The molecule has 0 aromatic carbocycles. The number of hydrogen-bond acceptors (Lipinski definition) is 9. The number of aliphatic hydroxyl groups is 2. The molecule has 4 saturated heterocycles. The van der Waals surface area contributed by atoms with Gasteiger partial charge in [0.1, 0.15) is 24.4 Å². The predicted octanol–water partition coefficient (Wildman–Crippen LogP) is 6.12. The molecule has 0 aliphatic carbocycles. The van der Waals surface area contributed by atoms with Gasteiger partial charge in [0, 0.05) is 0 Å². The lowest BCUT2D eigenvalue weighted by atomic mass is 9.80. The van der Waals surface area contributed by atoms with Gasteiger partial charge in [-0.1, -0.05) is 83.1 Å². The van der Waals surface area contributed by atoms with Gasteiger partial charge in [-0.3, -0.25) is 0 Å². The summed E-state index contributed by atoms with van der Waals surface area (Å²) in [7, 11) is 0. The highest BCUT2D eigenvalue weighted by atomic mass is 16.8. The Morgan fingerprint density at radius 1 is 0.400 bits per heavy atom. The molecule has 0 spiro atoms. The highest BCUT2D eigenvalue weighted by molar-refractivity contribution is 4.93. The molecule has 4 fully saturated rings. The summed E-state index contributed by atoms with van der Waals surface area (Å²) in [6, 6.07) is 0. The fourth-order valence-electron chi connectivity index (χ4n) is 8.31. The molecule has 4 aliphatic rings. The number of rotatable bonds is 10. The van der Waals surface area contributed by atoms with E-state index in [4.69, 9.17) is 33.2 Å². The molecule has 20 unspecified atom stereocenters. The molecule has 2 N–H and O–H groups in total. The van der Waals surface area contributed by atoms with Crippen LogP contribution in [0.3, 0.4) is 0 Å². The van der Waals surface area contributed by atoms with Gasteiger partial charge in [-0.25, -0.2) is 0 Å². The minimum absolute atomic E-state index is 0.00518. The van der Waals surface area contributed by atoms with E-state index in [-0.39, 0.29) is 71.8 Å². The molecular weight excluding hydrogens is 576 g/mol. The predicted molar refractivity (Wildman–Crippen MR) is 172 cm³/mol. The van der Waals surface area contributed by atoms with Gasteiger partial charge >= 0.3 is 0 Å². The first-order chi connectivity index (χ1) is 21.3. The van der Waals surface area contributed by atoms with Crippen LogP contribution in [0.25, 0.3) is 0 Å². The Hall–Kier alpha value is -0.360. The van der Waals surface area contributed by atoms with Crippen molar-refractivity contribution in [1.29, 1.82) is 0 Å². The van der Waals surface area contributed by atoms with Crippen molar-refractivity contribution in [3.8, 4) is 0 Å². The zero-order valence-corrected chi connectivity index (χ0v) is 30.1. The minimum atomic E-state index is -1.05. The summed E-state index contributed by atoms with van der Waals surface area (Å²) in [4.78, 5) is 0. The van der Waals surface area contributed by atoms with Crippen LogP contribution in [0.15, 0.2) is 0 Å². The summed E-state index contributed by atoms with van der Waals surface area (Å²) in [6.45, 7) is 25.7. The SMILES string of the molecule is CCC1OC(OC2C(OC3C(OC4C(O)OC(CC)C(C)C4C)OC(CC)C(C)C3C)OC(CC)C(C)C2C)C(O)C(C)C1C. The first-order valence-corrected chi connectivity index (χ1v) is 18.2. The average Bonchev–Trinajstić information content (AvgIpc) is 3.03. The van der Waals surface area contributed by atoms with Crippen molar-refractivity contribution in [2.75, 3.05) is 0 Å². The Labute approximate surface area is 273 Å². The second kappa shape index (κ2) is 15.9. The fraction of sp³-hybridized carbons (Fsp3) is 1.00. The van der Waals surface area contributed by atoms with Gasteiger partial charge in [-0.2, -0.15) is 0 Å². The normalized spacial score (nSPS) is 52.9. The Morgan fingerprint density at radius 3 is 1.13 bits per heavy atom. The Balaban J connectivity index is 1.61. The van der Waals surface area contributed by atoms with Crippen LogP contribution in [-0.4, -0.2) is 84.2 Å². The van der Waals surface area contributed by atoms with Crippen LogP contribution >= 0.6 is 0 Å². The summed E-state index contributed by atoms with van der Waals surface area (Å²) in [5.74, 6) is 1.13. The first-order valence-electron chi connectivity index (χ1n) is 18.2. The van der Waals surface area contributed by atoms with E-state index in [0.717, 1.165) is 25.7 Å². The molecule has 9 heteroatoms. The second-order valence-corrected chi connectivity index (χ2v) is 15.0. The van der Waals surface area contributed by atoms with Crippen LogP contribution in [0.4, 0.5) is 0 Å². The average molecular weight is 643 g/mol. The van der Waals surface area contributed by atoms with E-state index in [2.05, 4.69) is 83.1 Å². The lowest BCUT2D eigenvalue weighted by Crippen LogP contribution is -2.61. The maximum absolute atomic E-state index is 11.3. The molecule has 0 saturated carbocycles. The van der Waals surface area contributed by atoms with Crippen molar-refractivity contribution >= 4 is 0 Å². The van der Waals surface area contributed by atoms with Crippen molar-refractivity contribution in [3.05, 3.63) is 0 Å². The van der Waals surface area contributed by atoms with Crippen LogP contribution in [0, 0.1) is 47.3 Å².